The molecule has 2 rings (SSSR count). The number of nitrogens with zero attached hydrogens (tertiary/aromatic N) is 1. The minimum Gasteiger partial charge on any atom is -0.465 e. The van der Waals surface area contributed by atoms with Crippen molar-refractivity contribution in [2.75, 3.05) is 12.4 Å². The van der Waals surface area contributed by atoms with Crippen LogP contribution in [0.25, 0.3) is 0 Å². The molecule has 0 bridgehead atoms. The average molecular weight is 413 g/mol. The first-order chi connectivity index (χ1) is 9.02. The highest BCUT2D eigenvalue weighted by Gasteiger charge is 2.18. The lowest BCUT2D eigenvalue weighted by Gasteiger charge is -2.05. The van der Waals surface area contributed by atoms with E-state index in [1.165, 1.54) is 13.2 Å². The number of anilines is 2. The Bertz CT molecular complexity index is 635. The van der Waals surface area contributed by atoms with E-state index in [2.05, 4.69) is 15.0 Å². The summed E-state index contributed by atoms with van der Waals surface area (Å²) >= 11 is 8.77. The Morgan fingerprint density at radius 3 is 3.00 bits per heavy atom. The van der Waals surface area contributed by atoms with Crippen LogP contribution in [0, 0.1) is 9.39 Å². The number of halogens is 3. The first kappa shape index (κ1) is 14.5. The zero-order valence-electron chi connectivity index (χ0n) is 9.54. The predicted molar refractivity (Wildman–Crippen MR) is 80.9 cm³/mol. The zero-order valence-corrected chi connectivity index (χ0v) is 13.3. The highest BCUT2D eigenvalue weighted by Crippen LogP contribution is 2.31. The van der Waals surface area contributed by atoms with Gasteiger partial charge in [0.15, 0.2) is 15.2 Å². The Hall–Kier alpha value is -0.930. The summed E-state index contributed by atoms with van der Waals surface area (Å²) in [5.74, 6) is -0.883. The Balaban J connectivity index is 2.29. The number of carbonyl (C=O) groups is 1. The zero-order chi connectivity index (χ0) is 14.0. The van der Waals surface area contributed by atoms with Crippen molar-refractivity contribution in [2.45, 2.75) is 0 Å². The molecule has 2 aromatic rings. The first-order valence-electron chi connectivity index (χ1n) is 4.98. The van der Waals surface area contributed by atoms with Gasteiger partial charge in [0, 0.05) is 0 Å². The van der Waals surface area contributed by atoms with Crippen LogP contribution < -0.4 is 5.32 Å². The SMILES string of the molecule is COC(=O)c1sc(Nc2cccc(F)c2I)nc1Cl. The number of aromatic nitrogens is 1. The van der Waals surface area contributed by atoms with Crippen LogP contribution in [0.5, 0.6) is 0 Å². The number of ether oxygens (including phenoxy) is 1. The standard InChI is InChI=1S/C11H7ClFIN2O2S/c1-18-10(17)8-9(12)16-11(19-8)15-6-4-2-3-5(13)7(6)14/h2-4H,1H3,(H,15,16). The van der Waals surface area contributed by atoms with Gasteiger partial charge in [0.05, 0.1) is 16.4 Å². The van der Waals surface area contributed by atoms with Crippen LogP contribution >= 0.6 is 45.5 Å². The third kappa shape index (κ3) is 3.15. The van der Waals surface area contributed by atoms with Gasteiger partial charge in [-0.15, -0.1) is 0 Å². The van der Waals surface area contributed by atoms with Crippen molar-refractivity contribution in [3.63, 3.8) is 0 Å². The quantitative estimate of drug-likeness (QED) is 0.610. The monoisotopic (exact) mass is 412 g/mol. The smallest absolute Gasteiger partial charge is 0.351 e. The van der Waals surface area contributed by atoms with Crippen LogP contribution in [0.15, 0.2) is 18.2 Å². The summed E-state index contributed by atoms with van der Waals surface area (Å²) in [4.78, 5) is 15.6. The summed E-state index contributed by atoms with van der Waals surface area (Å²) in [7, 11) is 1.26. The lowest BCUT2D eigenvalue weighted by atomic mass is 10.3. The maximum absolute atomic E-state index is 13.4. The number of nitrogens with one attached hydrogen (secondary N) is 1. The number of esters is 1. The number of thiazole rings is 1. The molecule has 0 radical (unpaired) electrons. The van der Waals surface area contributed by atoms with E-state index >= 15 is 0 Å². The third-order valence-electron chi connectivity index (χ3n) is 2.15. The molecule has 100 valence electrons. The van der Waals surface area contributed by atoms with Gasteiger partial charge in [-0.3, -0.25) is 0 Å². The Morgan fingerprint density at radius 2 is 2.32 bits per heavy atom. The van der Waals surface area contributed by atoms with Crippen LogP contribution in [-0.2, 0) is 4.74 Å². The first-order valence-corrected chi connectivity index (χ1v) is 7.26. The minimum atomic E-state index is -0.551. The molecule has 0 aliphatic heterocycles. The largest absolute Gasteiger partial charge is 0.465 e. The molecule has 0 fully saturated rings. The van der Waals surface area contributed by atoms with Crippen molar-refractivity contribution in [3.8, 4) is 0 Å². The van der Waals surface area contributed by atoms with Crippen molar-refractivity contribution in [1.29, 1.82) is 0 Å². The van der Waals surface area contributed by atoms with Crippen LogP contribution in [0.4, 0.5) is 15.2 Å². The Kier molecular flexibility index (Phi) is 4.58. The second-order valence-electron chi connectivity index (χ2n) is 3.36. The van der Waals surface area contributed by atoms with Gasteiger partial charge in [-0.1, -0.05) is 29.0 Å². The summed E-state index contributed by atoms with van der Waals surface area (Å²) in [6.45, 7) is 0. The van der Waals surface area contributed by atoms with Crippen molar-refractivity contribution in [1.82, 2.24) is 4.98 Å². The van der Waals surface area contributed by atoms with Gasteiger partial charge in [-0.05, 0) is 34.7 Å². The van der Waals surface area contributed by atoms with Gasteiger partial charge in [-0.25, -0.2) is 14.2 Å². The number of hydrogen-bond donors (Lipinski definition) is 1. The van der Waals surface area contributed by atoms with E-state index in [1.54, 1.807) is 12.1 Å². The minimum absolute atomic E-state index is 0.0609. The number of hydrogen-bond acceptors (Lipinski definition) is 5. The Labute approximate surface area is 131 Å². The second kappa shape index (κ2) is 6.02. The van der Waals surface area contributed by atoms with Gasteiger partial charge in [0.25, 0.3) is 0 Å². The van der Waals surface area contributed by atoms with Crippen LogP contribution in [0.1, 0.15) is 9.67 Å². The fourth-order valence-corrected chi connectivity index (χ4v) is 2.90. The molecule has 1 aromatic heterocycles. The van der Waals surface area contributed by atoms with Gasteiger partial charge in [0.2, 0.25) is 0 Å². The molecule has 1 N–H and O–H groups in total. The second-order valence-corrected chi connectivity index (χ2v) is 5.79. The summed E-state index contributed by atoms with van der Waals surface area (Å²) in [6, 6.07) is 4.65. The maximum Gasteiger partial charge on any atom is 0.351 e. The van der Waals surface area contributed by atoms with E-state index in [1.807, 2.05) is 22.6 Å². The molecule has 8 heteroatoms. The highest BCUT2D eigenvalue weighted by atomic mass is 127. The van der Waals surface area contributed by atoms with Gasteiger partial charge in [-0.2, -0.15) is 0 Å². The topological polar surface area (TPSA) is 51.2 Å². The number of rotatable bonds is 3. The van der Waals surface area contributed by atoms with Crippen molar-refractivity contribution in [3.05, 3.63) is 37.6 Å². The maximum atomic E-state index is 13.4. The fourth-order valence-electron chi connectivity index (χ4n) is 1.29. The average Bonchev–Trinajstić information content (AvgIpc) is 2.75. The molecule has 1 aromatic carbocycles. The van der Waals surface area contributed by atoms with Crippen LogP contribution in [-0.4, -0.2) is 18.1 Å². The molecule has 0 saturated carbocycles. The molecule has 0 saturated heterocycles. The van der Waals surface area contributed by atoms with E-state index < -0.39 is 5.97 Å². The van der Waals surface area contributed by atoms with Crippen LogP contribution in [0.2, 0.25) is 5.15 Å². The van der Waals surface area contributed by atoms with Gasteiger partial charge < -0.3 is 10.1 Å². The van der Waals surface area contributed by atoms with Crippen molar-refractivity contribution in [2.24, 2.45) is 0 Å². The molecule has 0 aliphatic carbocycles. The van der Waals surface area contributed by atoms with E-state index in [-0.39, 0.29) is 15.8 Å². The predicted octanol–water partition coefficient (Wildman–Crippen LogP) is 4.07. The molecule has 19 heavy (non-hydrogen) atoms. The normalized spacial score (nSPS) is 10.3. The molecule has 0 spiro atoms. The van der Waals surface area contributed by atoms with E-state index in [9.17, 15) is 9.18 Å². The van der Waals surface area contributed by atoms with E-state index in [4.69, 9.17) is 11.6 Å². The van der Waals surface area contributed by atoms with Gasteiger partial charge >= 0.3 is 5.97 Å². The highest BCUT2D eigenvalue weighted by molar-refractivity contribution is 14.1. The summed E-state index contributed by atoms with van der Waals surface area (Å²) in [5.41, 5.74) is 0.558. The molecule has 0 aliphatic rings. The van der Waals surface area contributed by atoms with E-state index in [0.717, 1.165) is 11.3 Å². The van der Waals surface area contributed by atoms with E-state index in [0.29, 0.717) is 14.4 Å². The fraction of sp³-hybridized carbons (Fsp3) is 0.0909. The summed E-state index contributed by atoms with van der Waals surface area (Å²) in [6.07, 6.45) is 0. The molecule has 0 atom stereocenters. The number of benzene rings is 1. The molecule has 4 nitrogen and oxygen atoms in total. The molecule has 0 amide bonds. The Morgan fingerprint density at radius 1 is 1.58 bits per heavy atom. The molecular weight excluding hydrogens is 406 g/mol. The molecule has 1 heterocycles. The summed E-state index contributed by atoms with van der Waals surface area (Å²) < 4.78 is 18.4. The van der Waals surface area contributed by atoms with Gasteiger partial charge in [0.1, 0.15) is 5.82 Å². The number of carbonyl (C=O) groups excluding carboxylic acids is 1. The number of methoxy groups -OCH3 is 1. The van der Waals surface area contributed by atoms with Crippen molar-refractivity contribution < 1.29 is 13.9 Å². The summed E-state index contributed by atoms with van der Waals surface area (Å²) in [5, 5.41) is 3.38. The molecule has 0 unspecified atom stereocenters. The molecular formula is C11H7ClFIN2O2S. The van der Waals surface area contributed by atoms with Crippen LogP contribution in [0.3, 0.4) is 0 Å². The lowest BCUT2D eigenvalue weighted by Crippen LogP contribution is -1.98. The van der Waals surface area contributed by atoms with Crippen molar-refractivity contribution >= 4 is 62.3 Å². The lowest BCUT2D eigenvalue weighted by molar-refractivity contribution is 0.0606. The third-order valence-corrected chi connectivity index (χ3v) is 4.58.